The van der Waals surface area contributed by atoms with Gasteiger partial charge in [-0.05, 0) is 50.3 Å². The van der Waals surface area contributed by atoms with Gasteiger partial charge in [0.1, 0.15) is 0 Å². The average molecular weight is 302 g/mol. The lowest BCUT2D eigenvalue weighted by Gasteiger charge is -2.30. The average Bonchev–Trinajstić information content (AvgIpc) is 3.09. The summed E-state index contributed by atoms with van der Waals surface area (Å²) in [5.74, 6) is 0. The lowest BCUT2D eigenvalue weighted by atomic mass is 9.92. The van der Waals surface area contributed by atoms with E-state index in [4.69, 9.17) is 0 Å². The Hall–Kier alpha value is -1.23. The maximum atomic E-state index is 9.91. The summed E-state index contributed by atoms with van der Waals surface area (Å²) >= 11 is 1.71. The van der Waals surface area contributed by atoms with Gasteiger partial charge in [0, 0.05) is 5.38 Å². The summed E-state index contributed by atoms with van der Waals surface area (Å²) in [5.41, 5.74) is 3.59. The van der Waals surface area contributed by atoms with Gasteiger partial charge in [0.15, 0.2) is 0 Å². The van der Waals surface area contributed by atoms with Crippen molar-refractivity contribution in [2.24, 2.45) is 0 Å². The van der Waals surface area contributed by atoms with Gasteiger partial charge < -0.3 is 10.4 Å². The molecule has 1 aromatic carbocycles. The summed E-state index contributed by atoms with van der Waals surface area (Å²) in [6.45, 7) is 3.12. The molecule has 1 aromatic heterocycles. The van der Waals surface area contributed by atoms with Gasteiger partial charge in [-0.15, -0.1) is 11.3 Å². The smallest absolute Gasteiger partial charge is 0.0897 e. The SMILES string of the molecule is Cc1nc(CCCNC2(CO)CCc3ccccc32)cs1. The molecule has 112 valence electrons. The highest BCUT2D eigenvalue weighted by Crippen LogP contribution is 2.36. The van der Waals surface area contributed by atoms with E-state index < -0.39 is 0 Å². The van der Waals surface area contributed by atoms with E-state index in [1.54, 1.807) is 11.3 Å². The molecule has 0 bridgehead atoms. The monoisotopic (exact) mass is 302 g/mol. The molecule has 0 radical (unpaired) electrons. The summed E-state index contributed by atoms with van der Waals surface area (Å²) in [5, 5.41) is 16.8. The molecule has 1 aliphatic rings. The van der Waals surface area contributed by atoms with Crippen LogP contribution in [0.4, 0.5) is 0 Å². The van der Waals surface area contributed by atoms with Crippen LogP contribution in [0.3, 0.4) is 0 Å². The van der Waals surface area contributed by atoms with Gasteiger partial charge in [-0.25, -0.2) is 4.98 Å². The lowest BCUT2D eigenvalue weighted by molar-refractivity contribution is 0.160. The first-order chi connectivity index (χ1) is 10.2. The topological polar surface area (TPSA) is 45.2 Å². The maximum absolute atomic E-state index is 9.91. The Kier molecular flexibility index (Phi) is 4.38. The molecular formula is C17H22N2OS. The molecule has 1 atom stereocenters. The summed E-state index contributed by atoms with van der Waals surface area (Å²) < 4.78 is 0. The van der Waals surface area contributed by atoms with E-state index in [0.717, 1.165) is 37.2 Å². The van der Waals surface area contributed by atoms with Gasteiger partial charge in [-0.1, -0.05) is 24.3 Å². The molecule has 0 spiro atoms. The summed E-state index contributed by atoms with van der Waals surface area (Å²) in [6.07, 6.45) is 4.08. The highest BCUT2D eigenvalue weighted by atomic mass is 32.1. The van der Waals surface area contributed by atoms with Crippen LogP contribution in [-0.2, 0) is 18.4 Å². The van der Waals surface area contributed by atoms with E-state index in [1.165, 1.54) is 16.8 Å². The lowest BCUT2D eigenvalue weighted by Crippen LogP contribution is -2.44. The van der Waals surface area contributed by atoms with Crippen LogP contribution in [0.2, 0.25) is 0 Å². The first kappa shape index (κ1) is 14.7. The van der Waals surface area contributed by atoms with Gasteiger partial charge in [0.05, 0.1) is 22.8 Å². The highest BCUT2D eigenvalue weighted by molar-refractivity contribution is 7.09. The third kappa shape index (κ3) is 3.03. The minimum absolute atomic E-state index is 0.166. The molecule has 3 rings (SSSR count). The van der Waals surface area contributed by atoms with Crippen LogP contribution in [0, 0.1) is 6.92 Å². The van der Waals surface area contributed by atoms with Gasteiger partial charge in [0.25, 0.3) is 0 Å². The predicted octanol–water partition coefficient (Wildman–Crippen LogP) is 2.81. The molecule has 0 aliphatic heterocycles. The molecular weight excluding hydrogens is 280 g/mol. The standard InChI is InChI=1S/C17H22N2OS/c1-13-19-15(11-21-13)6-4-10-18-17(12-20)9-8-14-5-2-3-7-16(14)17/h2-3,5,7,11,18,20H,4,6,8-10,12H2,1H3. The number of nitrogens with zero attached hydrogens (tertiary/aromatic N) is 1. The summed E-state index contributed by atoms with van der Waals surface area (Å²) in [4.78, 5) is 4.49. The molecule has 2 N–H and O–H groups in total. The van der Waals surface area contributed by atoms with Crippen molar-refractivity contribution < 1.29 is 5.11 Å². The third-order valence-corrected chi connectivity index (χ3v) is 5.19. The van der Waals surface area contributed by atoms with Gasteiger partial charge in [0.2, 0.25) is 0 Å². The number of hydrogen-bond acceptors (Lipinski definition) is 4. The molecule has 0 saturated heterocycles. The van der Waals surface area contributed by atoms with Crippen molar-refractivity contribution in [3.05, 3.63) is 51.5 Å². The van der Waals surface area contributed by atoms with Crippen LogP contribution in [0.1, 0.15) is 34.7 Å². The predicted molar refractivity (Wildman–Crippen MR) is 86.7 cm³/mol. The van der Waals surface area contributed by atoms with Crippen LogP contribution < -0.4 is 5.32 Å². The number of thiazole rings is 1. The van der Waals surface area contributed by atoms with Crippen molar-refractivity contribution in [3.63, 3.8) is 0 Å². The first-order valence-electron chi connectivity index (χ1n) is 7.59. The van der Waals surface area contributed by atoms with Crippen molar-refractivity contribution in [2.45, 2.75) is 38.1 Å². The van der Waals surface area contributed by atoms with Crippen molar-refractivity contribution >= 4 is 11.3 Å². The number of aromatic nitrogens is 1. The number of rotatable bonds is 6. The minimum atomic E-state index is -0.241. The number of fused-ring (bicyclic) bond motifs is 1. The zero-order valence-corrected chi connectivity index (χ0v) is 13.2. The summed E-state index contributed by atoms with van der Waals surface area (Å²) in [7, 11) is 0. The Morgan fingerprint density at radius 2 is 2.24 bits per heavy atom. The maximum Gasteiger partial charge on any atom is 0.0897 e. The highest BCUT2D eigenvalue weighted by Gasteiger charge is 2.37. The van der Waals surface area contributed by atoms with Crippen LogP contribution in [0.25, 0.3) is 0 Å². The van der Waals surface area contributed by atoms with Crippen LogP contribution >= 0.6 is 11.3 Å². The summed E-state index contributed by atoms with van der Waals surface area (Å²) in [6, 6.07) is 8.47. The van der Waals surface area contributed by atoms with Crippen LogP contribution in [0.5, 0.6) is 0 Å². The molecule has 1 aliphatic carbocycles. The number of nitrogens with one attached hydrogen (secondary N) is 1. The Labute approximate surface area is 130 Å². The van der Waals surface area contributed by atoms with E-state index >= 15 is 0 Å². The minimum Gasteiger partial charge on any atom is -0.394 e. The quantitative estimate of drug-likeness (QED) is 0.807. The van der Waals surface area contributed by atoms with E-state index in [-0.39, 0.29) is 12.1 Å². The fourth-order valence-electron chi connectivity index (χ4n) is 3.21. The van der Waals surface area contributed by atoms with E-state index in [9.17, 15) is 5.11 Å². The first-order valence-corrected chi connectivity index (χ1v) is 8.47. The van der Waals surface area contributed by atoms with Crippen molar-refractivity contribution in [2.75, 3.05) is 13.2 Å². The molecule has 3 nitrogen and oxygen atoms in total. The molecule has 1 heterocycles. The molecule has 0 saturated carbocycles. The molecule has 4 heteroatoms. The van der Waals surface area contributed by atoms with Crippen molar-refractivity contribution in [1.29, 1.82) is 0 Å². The zero-order valence-electron chi connectivity index (χ0n) is 12.4. The number of benzene rings is 1. The fourth-order valence-corrected chi connectivity index (χ4v) is 3.86. The van der Waals surface area contributed by atoms with Crippen LogP contribution in [0.15, 0.2) is 29.6 Å². The van der Waals surface area contributed by atoms with Crippen molar-refractivity contribution in [1.82, 2.24) is 10.3 Å². The Morgan fingerprint density at radius 1 is 1.38 bits per heavy atom. The normalized spacial score (nSPS) is 20.7. The molecule has 0 amide bonds. The van der Waals surface area contributed by atoms with Gasteiger partial charge >= 0.3 is 0 Å². The molecule has 2 aromatic rings. The van der Waals surface area contributed by atoms with Crippen molar-refractivity contribution in [3.8, 4) is 0 Å². The Bertz CT molecular complexity index is 610. The molecule has 1 unspecified atom stereocenters. The Morgan fingerprint density at radius 3 is 3.00 bits per heavy atom. The van der Waals surface area contributed by atoms with Crippen LogP contribution in [-0.4, -0.2) is 23.2 Å². The molecule has 0 fully saturated rings. The van der Waals surface area contributed by atoms with Gasteiger partial charge in [-0.2, -0.15) is 0 Å². The largest absolute Gasteiger partial charge is 0.394 e. The Balaban J connectivity index is 1.58. The molecule has 21 heavy (non-hydrogen) atoms. The third-order valence-electron chi connectivity index (χ3n) is 4.36. The number of aliphatic hydroxyl groups excluding tert-OH is 1. The van der Waals surface area contributed by atoms with E-state index in [2.05, 4.69) is 39.9 Å². The number of aliphatic hydroxyl groups is 1. The van der Waals surface area contributed by atoms with E-state index in [1.807, 2.05) is 6.92 Å². The second-order valence-electron chi connectivity index (χ2n) is 5.79. The zero-order chi connectivity index (χ0) is 14.7. The van der Waals surface area contributed by atoms with E-state index in [0.29, 0.717) is 0 Å². The second-order valence-corrected chi connectivity index (χ2v) is 6.85. The fraction of sp³-hybridized carbons (Fsp3) is 0.471. The number of hydrogen-bond donors (Lipinski definition) is 2. The number of aryl methyl sites for hydroxylation is 3. The second kappa shape index (κ2) is 6.26. The van der Waals surface area contributed by atoms with Gasteiger partial charge in [-0.3, -0.25) is 0 Å².